The maximum Gasteiger partial charge on any atom is 0.291 e. The van der Waals surface area contributed by atoms with E-state index in [2.05, 4.69) is 10.1 Å². The number of benzene rings is 2. The fourth-order valence-corrected chi connectivity index (χ4v) is 4.63. The highest BCUT2D eigenvalue weighted by atomic mass is 32.1. The average Bonchev–Trinajstić information content (AvgIpc) is 3.61. The molecule has 0 aliphatic heterocycles. The zero-order chi connectivity index (χ0) is 22.4. The van der Waals surface area contributed by atoms with Gasteiger partial charge in [0.1, 0.15) is 5.76 Å². The van der Waals surface area contributed by atoms with Crippen LogP contribution in [-0.2, 0) is 0 Å². The van der Waals surface area contributed by atoms with Gasteiger partial charge in [0.15, 0.2) is 5.82 Å². The Labute approximate surface area is 191 Å². The summed E-state index contributed by atoms with van der Waals surface area (Å²) in [5.74, 6) is 1.20. The number of para-hydroxylation sites is 1. The first-order chi connectivity index (χ1) is 16.2. The summed E-state index contributed by atoms with van der Waals surface area (Å²) < 4.78 is 9.06. The van der Waals surface area contributed by atoms with Crippen LogP contribution in [0, 0.1) is 6.92 Å². The maximum absolute atomic E-state index is 13.1. The SMILES string of the molecule is Cc1occc1-c1nc2sc(=Cc3cn(-c4ccccc4)nc3-c3ccccc3)c(=O)n2n1. The number of hydrogen-bond donors (Lipinski definition) is 0. The Morgan fingerprint density at radius 3 is 2.42 bits per heavy atom. The molecule has 6 aromatic rings. The van der Waals surface area contributed by atoms with Crippen LogP contribution < -0.4 is 10.1 Å². The number of rotatable bonds is 4. The molecule has 160 valence electrons. The number of thiazole rings is 1. The molecule has 8 heteroatoms. The van der Waals surface area contributed by atoms with Crippen LogP contribution in [0.4, 0.5) is 0 Å². The molecule has 0 aliphatic rings. The van der Waals surface area contributed by atoms with Crippen LogP contribution in [0.5, 0.6) is 0 Å². The average molecular weight is 452 g/mol. The first-order valence-electron chi connectivity index (χ1n) is 10.3. The standard InChI is InChI=1S/C25H17N5O2S/c1-16-20(12-13-32-16)23-26-25-30(28-23)24(31)21(33-25)14-18-15-29(19-10-6-3-7-11-19)27-22(18)17-8-4-2-5-9-17/h2-15H,1H3. The maximum atomic E-state index is 13.1. The van der Waals surface area contributed by atoms with Gasteiger partial charge in [0, 0.05) is 17.3 Å². The van der Waals surface area contributed by atoms with Crippen molar-refractivity contribution in [3.05, 3.63) is 105 Å². The molecule has 4 aromatic heterocycles. The van der Waals surface area contributed by atoms with Crippen molar-refractivity contribution in [2.75, 3.05) is 0 Å². The van der Waals surface area contributed by atoms with E-state index in [0.29, 0.717) is 21.1 Å². The minimum atomic E-state index is -0.207. The van der Waals surface area contributed by atoms with E-state index in [0.717, 1.165) is 28.1 Å². The molecule has 0 saturated heterocycles. The quantitative estimate of drug-likeness (QED) is 0.403. The predicted octanol–water partition coefficient (Wildman–Crippen LogP) is 4.12. The second-order valence-corrected chi connectivity index (χ2v) is 8.52. The summed E-state index contributed by atoms with van der Waals surface area (Å²) in [6, 6.07) is 21.6. The van der Waals surface area contributed by atoms with Crippen molar-refractivity contribution in [1.29, 1.82) is 0 Å². The zero-order valence-electron chi connectivity index (χ0n) is 17.5. The van der Waals surface area contributed by atoms with Gasteiger partial charge in [-0.3, -0.25) is 4.79 Å². The van der Waals surface area contributed by atoms with Crippen LogP contribution in [-0.4, -0.2) is 24.4 Å². The predicted molar refractivity (Wildman–Crippen MR) is 127 cm³/mol. The Hall–Kier alpha value is -4.30. The third kappa shape index (κ3) is 3.37. The van der Waals surface area contributed by atoms with Crippen molar-refractivity contribution in [3.63, 3.8) is 0 Å². The van der Waals surface area contributed by atoms with Crippen LogP contribution in [0.15, 0.2) is 88.4 Å². The van der Waals surface area contributed by atoms with Crippen LogP contribution in [0.3, 0.4) is 0 Å². The molecule has 4 heterocycles. The molecule has 7 nitrogen and oxygen atoms in total. The van der Waals surface area contributed by atoms with Gasteiger partial charge < -0.3 is 4.42 Å². The van der Waals surface area contributed by atoms with E-state index in [4.69, 9.17) is 9.52 Å². The minimum Gasteiger partial charge on any atom is -0.469 e. The second-order valence-electron chi connectivity index (χ2n) is 7.52. The summed E-state index contributed by atoms with van der Waals surface area (Å²) in [4.78, 5) is 18.2. The molecule has 0 fully saturated rings. The van der Waals surface area contributed by atoms with E-state index >= 15 is 0 Å². The first kappa shape index (κ1) is 19.4. The fraction of sp³-hybridized carbons (Fsp3) is 0.0400. The van der Waals surface area contributed by atoms with Crippen LogP contribution >= 0.6 is 11.3 Å². The molecule has 0 unspecified atom stereocenters. The molecule has 6 rings (SSSR count). The monoisotopic (exact) mass is 451 g/mol. The molecule has 0 amide bonds. The molecular formula is C25H17N5O2S. The Kier molecular flexibility index (Phi) is 4.51. The van der Waals surface area contributed by atoms with Gasteiger partial charge in [0.25, 0.3) is 5.56 Å². The number of aromatic nitrogens is 5. The van der Waals surface area contributed by atoms with Crippen LogP contribution in [0.2, 0.25) is 0 Å². The summed E-state index contributed by atoms with van der Waals surface area (Å²) in [5, 5.41) is 9.23. The van der Waals surface area contributed by atoms with Crippen molar-refractivity contribution in [3.8, 4) is 28.3 Å². The molecule has 0 bridgehead atoms. The summed E-state index contributed by atoms with van der Waals surface area (Å²) in [6.45, 7) is 1.84. The van der Waals surface area contributed by atoms with Crippen molar-refractivity contribution >= 4 is 22.4 Å². The highest BCUT2D eigenvalue weighted by Gasteiger charge is 2.16. The van der Waals surface area contributed by atoms with Gasteiger partial charge in [0.2, 0.25) is 4.96 Å². The van der Waals surface area contributed by atoms with Crippen LogP contribution in [0.25, 0.3) is 39.4 Å². The summed E-state index contributed by atoms with van der Waals surface area (Å²) in [7, 11) is 0. The molecule has 0 aliphatic carbocycles. The lowest BCUT2D eigenvalue weighted by Crippen LogP contribution is -2.23. The third-order valence-corrected chi connectivity index (χ3v) is 6.34. The van der Waals surface area contributed by atoms with Crippen LogP contribution in [0.1, 0.15) is 11.3 Å². The number of aryl methyl sites for hydroxylation is 1. The molecule has 33 heavy (non-hydrogen) atoms. The molecule has 0 N–H and O–H groups in total. The highest BCUT2D eigenvalue weighted by molar-refractivity contribution is 7.15. The smallest absolute Gasteiger partial charge is 0.291 e. The molecule has 2 aromatic carbocycles. The van der Waals surface area contributed by atoms with Gasteiger partial charge in [-0.15, -0.1) is 5.10 Å². The fourth-order valence-electron chi connectivity index (χ4n) is 3.73. The zero-order valence-corrected chi connectivity index (χ0v) is 18.4. The summed E-state index contributed by atoms with van der Waals surface area (Å²) in [6.07, 6.45) is 5.39. The Bertz CT molecular complexity index is 1690. The van der Waals surface area contributed by atoms with E-state index in [9.17, 15) is 4.79 Å². The number of nitrogens with zero attached hydrogens (tertiary/aromatic N) is 5. The van der Waals surface area contributed by atoms with Gasteiger partial charge in [-0.1, -0.05) is 59.9 Å². The van der Waals surface area contributed by atoms with Crippen molar-refractivity contribution in [1.82, 2.24) is 24.4 Å². The van der Waals surface area contributed by atoms with Crippen molar-refractivity contribution in [2.45, 2.75) is 6.92 Å². The summed E-state index contributed by atoms with van der Waals surface area (Å²) >= 11 is 1.31. The number of furan rings is 1. The van der Waals surface area contributed by atoms with E-state index < -0.39 is 0 Å². The van der Waals surface area contributed by atoms with Gasteiger partial charge in [-0.05, 0) is 31.2 Å². The van der Waals surface area contributed by atoms with E-state index in [1.165, 1.54) is 15.9 Å². The molecular weight excluding hydrogens is 434 g/mol. The van der Waals surface area contributed by atoms with E-state index in [1.54, 1.807) is 12.3 Å². The molecule has 0 atom stereocenters. The van der Waals surface area contributed by atoms with Gasteiger partial charge in [-0.2, -0.15) is 14.6 Å². The van der Waals surface area contributed by atoms with E-state index in [1.807, 2.05) is 84.5 Å². The highest BCUT2D eigenvalue weighted by Crippen LogP contribution is 2.25. The second kappa shape index (κ2) is 7.68. The number of fused-ring (bicyclic) bond motifs is 1. The summed E-state index contributed by atoms with van der Waals surface area (Å²) in [5.41, 5.74) is 4.14. The Balaban J connectivity index is 1.50. The molecule has 0 saturated carbocycles. The molecule has 0 spiro atoms. The lowest BCUT2D eigenvalue weighted by molar-refractivity contribution is 0.535. The topological polar surface area (TPSA) is 78.2 Å². The lowest BCUT2D eigenvalue weighted by Gasteiger charge is -2.00. The number of hydrogen-bond acceptors (Lipinski definition) is 6. The minimum absolute atomic E-state index is 0.207. The Morgan fingerprint density at radius 1 is 0.970 bits per heavy atom. The molecule has 0 radical (unpaired) electrons. The Morgan fingerprint density at radius 2 is 1.73 bits per heavy atom. The van der Waals surface area contributed by atoms with E-state index in [-0.39, 0.29) is 5.56 Å². The normalized spacial score (nSPS) is 12.1. The van der Waals surface area contributed by atoms with Crippen molar-refractivity contribution in [2.24, 2.45) is 0 Å². The van der Waals surface area contributed by atoms with Gasteiger partial charge >= 0.3 is 0 Å². The lowest BCUT2D eigenvalue weighted by atomic mass is 10.1. The first-order valence-corrected chi connectivity index (χ1v) is 11.2. The van der Waals surface area contributed by atoms with Gasteiger partial charge in [-0.25, -0.2) is 4.68 Å². The van der Waals surface area contributed by atoms with Gasteiger partial charge in [0.05, 0.1) is 27.7 Å². The largest absolute Gasteiger partial charge is 0.469 e. The third-order valence-electron chi connectivity index (χ3n) is 5.38. The van der Waals surface area contributed by atoms with Crippen molar-refractivity contribution < 1.29 is 4.42 Å².